The summed E-state index contributed by atoms with van der Waals surface area (Å²) < 4.78 is 37.4. The Labute approximate surface area is 146 Å². The van der Waals surface area contributed by atoms with Gasteiger partial charge in [0.15, 0.2) is 0 Å². The Bertz CT molecular complexity index is 642. The first-order valence-corrected chi connectivity index (χ1v) is 10.4. The predicted octanol–water partition coefficient (Wildman–Crippen LogP) is 4.53. The molecule has 1 fully saturated rings. The molecule has 24 heavy (non-hydrogen) atoms. The molecule has 1 saturated carbocycles. The third kappa shape index (κ3) is 3.34. The highest BCUT2D eigenvalue weighted by molar-refractivity contribution is 7.96. The van der Waals surface area contributed by atoms with Crippen molar-refractivity contribution in [3.63, 3.8) is 0 Å². The number of allylic oxidation sites excluding steroid dienone is 3. The van der Waals surface area contributed by atoms with Crippen molar-refractivity contribution in [2.24, 2.45) is 17.3 Å². The lowest BCUT2D eigenvalue weighted by molar-refractivity contribution is 0.00804. The van der Waals surface area contributed by atoms with Gasteiger partial charge in [-0.15, -0.1) is 0 Å². The summed E-state index contributed by atoms with van der Waals surface area (Å²) in [5.74, 6) is 0.321. The molecule has 138 valence electrons. The summed E-state index contributed by atoms with van der Waals surface area (Å²) in [6.45, 7) is 8.74. The van der Waals surface area contributed by atoms with E-state index < -0.39 is 19.7 Å². The zero-order chi connectivity index (χ0) is 18.3. The summed E-state index contributed by atoms with van der Waals surface area (Å²) in [4.78, 5) is 0. The Balaban J connectivity index is 2.14. The van der Waals surface area contributed by atoms with Gasteiger partial charge < -0.3 is 5.11 Å². The summed E-state index contributed by atoms with van der Waals surface area (Å²) in [6, 6.07) is 0. The molecule has 1 N–H and O–H groups in total. The van der Waals surface area contributed by atoms with E-state index in [-0.39, 0.29) is 23.4 Å². The molecule has 0 unspecified atom stereocenters. The van der Waals surface area contributed by atoms with Gasteiger partial charge in [0.05, 0.1) is 10.9 Å². The molecule has 0 spiro atoms. The van der Waals surface area contributed by atoms with Crippen LogP contribution in [-0.2, 0) is 9.84 Å². The quantitative estimate of drug-likeness (QED) is 0.751. The van der Waals surface area contributed by atoms with Gasteiger partial charge >= 0.3 is 0 Å². The summed E-state index contributed by atoms with van der Waals surface area (Å²) in [5, 5.41) is 9.25. The number of hydrogen-bond acceptors (Lipinski definition) is 3. The van der Waals surface area contributed by atoms with Crippen molar-refractivity contribution >= 4 is 9.84 Å². The molecule has 5 heteroatoms. The van der Waals surface area contributed by atoms with Gasteiger partial charge in [-0.25, -0.2) is 8.42 Å². The molecule has 0 radical (unpaired) electrons. The van der Waals surface area contributed by atoms with Gasteiger partial charge in [0.25, 0.3) is 0 Å². The number of halogens is 1. The minimum atomic E-state index is -3.91. The van der Waals surface area contributed by atoms with Crippen LogP contribution in [0.3, 0.4) is 0 Å². The summed E-state index contributed by atoms with van der Waals surface area (Å²) in [5.41, 5.74) is 1.22. The van der Waals surface area contributed by atoms with Crippen LogP contribution in [0.25, 0.3) is 0 Å². The first kappa shape index (κ1) is 19.6. The van der Waals surface area contributed by atoms with Crippen molar-refractivity contribution in [3.8, 4) is 0 Å². The second-order valence-electron chi connectivity index (χ2n) is 8.64. The van der Waals surface area contributed by atoms with Gasteiger partial charge in [-0.05, 0) is 76.2 Å². The van der Waals surface area contributed by atoms with Crippen LogP contribution >= 0.6 is 0 Å². The van der Waals surface area contributed by atoms with Gasteiger partial charge in [-0.1, -0.05) is 25.5 Å². The minimum Gasteiger partial charge on any atom is -0.393 e. The molecular weight excluding hydrogens is 327 g/mol. The topological polar surface area (TPSA) is 54.4 Å². The van der Waals surface area contributed by atoms with E-state index in [4.69, 9.17) is 0 Å². The first-order valence-electron chi connectivity index (χ1n) is 8.90. The van der Waals surface area contributed by atoms with Crippen LogP contribution in [0.2, 0.25) is 0 Å². The molecule has 0 aliphatic heterocycles. The van der Waals surface area contributed by atoms with E-state index in [1.54, 1.807) is 0 Å². The Kier molecular flexibility index (Phi) is 5.37. The van der Waals surface area contributed by atoms with Crippen molar-refractivity contribution < 1.29 is 17.9 Å². The number of hydrogen-bond donors (Lipinski definition) is 1. The predicted molar refractivity (Wildman–Crippen MR) is 95.8 cm³/mol. The molecule has 0 aromatic carbocycles. The Hall–Kier alpha value is -0.680. The average Bonchev–Trinajstić information content (AvgIpc) is 2.81. The summed E-state index contributed by atoms with van der Waals surface area (Å²) in [6.07, 6.45) is 7.27. The molecule has 0 heterocycles. The van der Waals surface area contributed by atoms with Gasteiger partial charge in [-0.3, -0.25) is 0 Å². The number of rotatable bonds is 4. The fourth-order valence-corrected chi connectivity index (χ4v) is 5.22. The number of fused-ring (bicyclic) bond motifs is 1. The van der Waals surface area contributed by atoms with E-state index in [1.165, 1.54) is 32.4 Å². The van der Waals surface area contributed by atoms with Gasteiger partial charge in [-0.2, -0.15) is 4.39 Å². The summed E-state index contributed by atoms with van der Waals surface area (Å²) in [7, 11) is -3.91. The molecule has 2 aliphatic carbocycles. The van der Waals surface area contributed by atoms with E-state index >= 15 is 0 Å². The van der Waals surface area contributed by atoms with E-state index in [2.05, 4.69) is 13.0 Å². The molecule has 0 aromatic heterocycles. The van der Waals surface area contributed by atoms with Crippen LogP contribution < -0.4 is 0 Å². The normalized spacial score (nSPS) is 33.1. The maximum atomic E-state index is 14.2. The van der Waals surface area contributed by atoms with Gasteiger partial charge in [0.2, 0.25) is 15.0 Å². The molecule has 0 saturated heterocycles. The fraction of sp³-hybridized carbons (Fsp3) is 0.789. The van der Waals surface area contributed by atoms with E-state index in [1.807, 2.05) is 6.92 Å². The van der Waals surface area contributed by atoms with Crippen molar-refractivity contribution in [2.75, 3.05) is 0 Å². The van der Waals surface area contributed by atoms with Crippen LogP contribution in [0.1, 0.15) is 66.7 Å². The molecule has 4 atom stereocenters. The monoisotopic (exact) mass is 358 g/mol. The van der Waals surface area contributed by atoms with Crippen molar-refractivity contribution in [3.05, 3.63) is 22.9 Å². The lowest BCUT2D eigenvalue weighted by Gasteiger charge is -2.43. The maximum Gasteiger partial charge on any atom is 0.211 e. The molecule has 0 amide bonds. The lowest BCUT2D eigenvalue weighted by Crippen LogP contribution is -2.39. The Morgan fingerprint density at radius 3 is 2.71 bits per heavy atom. The van der Waals surface area contributed by atoms with Crippen LogP contribution in [-0.4, -0.2) is 24.4 Å². The molecular formula is C19H31FO3S. The van der Waals surface area contributed by atoms with Crippen LogP contribution in [0.4, 0.5) is 4.39 Å². The zero-order valence-electron chi connectivity index (χ0n) is 15.5. The van der Waals surface area contributed by atoms with E-state index in [0.29, 0.717) is 6.42 Å². The van der Waals surface area contributed by atoms with Crippen LogP contribution in [0, 0.1) is 17.3 Å². The largest absolute Gasteiger partial charge is 0.393 e. The maximum absolute atomic E-state index is 14.2. The second-order valence-corrected chi connectivity index (χ2v) is 11.3. The van der Waals surface area contributed by atoms with Gasteiger partial charge in [0, 0.05) is 0 Å². The van der Waals surface area contributed by atoms with Crippen LogP contribution in [0.5, 0.6) is 0 Å². The molecule has 2 aliphatic rings. The third-order valence-electron chi connectivity index (χ3n) is 5.96. The second kappa shape index (κ2) is 6.56. The summed E-state index contributed by atoms with van der Waals surface area (Å²) >= 11 is 0. The smallest absolute Gasteiger partial charge is 0.211 e. The van der Waals surface area contributed by atoms with E-state index in [9.17, 15) is 17.9 Å². The number of aliphatic hydroxyl groups is 1. The number of sulfone groups is 1. The van der Waals surface area contributed by atoms with Crippen molar-refractivity contribution in [2.45, 2.75) is 77.6 Å². The fourth-order valence-electron chi connectivity index (χ4n) is 4.32. The molecule has 2 rings (SSSR count). The van der Waals surface area contributed by atoms with Crippen molar-refractivity contribution in [1.29, 1.82) is 0 Å². The molecule has 3 nitrogen and oxygen atoms in total. The Morgan fingerprint density at radius 1 is 1.50 bits per heavy atom. The SMILES string of the molecule is C[C@H](C/C=C(\F)S(=O)(=O)C(C)(C)C)C1=CC[C@H]2[C@@H](O)CCC[C@]12C. The number of aliphatic hydroxyl groups excluding tert-OH is 1. The first-order chi connectivity index (χ1) is 10.9. The lowest BCUT2D eigenvalue weighted by atomic mass is 9.63. The van der Waals surface area contributed by atoms with Crippen LogP contribution in [0.15, 0.2) is 22.9 Å². The van der Waals surface area contributed by atoms with Crippen molar-refractivity contribution in [1.82, 2.24) is 0 Å². The highest BCUT2D eigenvalue weighted by atomic mass is 32.2. The minimum absolute atomic E-state index is 0.0374. The molecule has 0 bridgehead atoms. The van der Waals surface area contributed by atoms with Gasteiger partial charge in [0.1, 0.15) is 0 Å². The standard InChI is InChI=1S/C19H31FO3S/c1-13(8-11-17(20)24(22,23)18(2,3)4)14-9-10-15-16(21)7-6-12-19(14,15)5/h9,11,13,15-16,21H,6-8,10,12H2,1-5H3/b17-11+/t13-,15+,16+,19-/m1/s1. The third-order valence-corrected chi connectivity index (χ3v) is 8.25. The highest BCUT2D eigenvalue weighted by Gasteiger charge is 2.47. The van der Waals surface area contributed by atoms with E-state index in [0.717, 1.165) is 25.7 Å². The average molecular weight is 359 g/mol. The molecule has 0 aromatic rings. The zero-order valence-corrected chi connectivity index (χ0v) is 16.3. The Morgan fingerprint density at radius 2 is 2.12 bits per heavy atom. The highest BCUT2D eigenvalue weighted by Crippen LogP contribution is 2.55.